The molecule has 0 radical (unpaired) electrons. The zero-order valence-electron chi connectivity index (χ0n) is 12.0. The van der Waals surface area contributed by atoms with Crippen LogP contribution in [0.25, 0.3) is 0 Å². The molecule has 0 spiro atoms. The van der Waals surface area contributed by atoms with Crippen LogP contribution >= 0.6 is 0 Å². The Labute approximate surface area is 114 Å². The summed E-state index contributed by atoms with van der Waals surface area (Å²) in [5, 5.41) is 2.77. The maximum atomic E-state index is 11.8. The van der Waals surface area contributed by atoms with E-state index in [4.69, 9.17) is 4.74 Å². The van der Waals surface area contributed by atoms with Gasteiger partial charge in [0.1, 0.15) is 6.04 Å². The van der Waals surface area contributed by atoms with Crippen molar-refractivity contribution in [2.24, 2.45) is 0 Å². The molecule has 0 saturated carbocycles. The molecule has 1 fully saturated rings. The predicted octanol–water partition coefficient (Wildman–Crippen LogP) is 1.15. The maximum Gasteiger partial charge on any atom is 0.407 e. The fourth-order valence-electron chi connectivity index (χ4n) is 2.40. The molecular formula is C13H24N2O4. The molecule has 2 atom stereocenters. The minimum atomic E-state index is -0.421. The number of esters is 1. The molecule has 0 aromatic carbocycles. The van der Waals surface area contributed by atoms with Crippen molar-refractivity contribution in [1.29, 1.82) is 0 Å². The van der Waals surface area contributed by atoms with Gasteiger partial charge in [-0.2, -0.15) is 0 Å². The zero-order valence-corrected chi connectivity index (χ0v) is 12.0. The van der Waals surface area contributed by atoms with Gasteiger partial charge in [0.2, 0.25) is 0 Å². The van der Waals surface area contributed by atoms with E-state index >= 15 is 0 Å². The summed E-state index contributed by atoms with van der Waals surface area (Å²) in [6.07, 6.45) is 3.24. The molecule has 1 aliphatic rings. The first kappa shape index (κ1) is 15.8. The normalized spacial score (nSPS) is 20.9. The van der Waals surface area contributed by atoms with Crippen LogP contribution < -0.4 is 5.32 Å². The first-order chi connectivity index (χ1) is 9.12. The van der Waals surface area contributed by atoms with Gasteiger partial charge in [0.05, 0.1) is 14.2 Å². The topological polar surface area (TPSA) is 67.9 Å². The molecule has 1 amide bonds. The molecule has 19 heavy (non-hydrogen) atoms. The fourth-order valence-corrected chi connectivity index (χ4v) is 2.40. The summed E-state index contributed by atoms with van der Waals surface area (Å²) in [5.41, 5.74) is 0. The zero-order chi connectivity index (χ0) is 14.3. The Morgan fingerprint density at radius 3 is 2.68 bits per heavy atom. The molecule has 0 aliphatic carbocycles. The number of unbranched alkanes of at least 4 members (excludes halogenated alkanes) is 1. The van der Waals surface area contributed by atoms with Gasteiger partial charge in [0.25, 0.3) is 0 Å². The number of hydrogen-bond donors (Lipinski definition) is 1. The molecule has 110 valence electrons. The van der Waals surface area contributed by atoms with E-state index in [1.54, 1.807) is 0 Å². The van der Waals surface area contributed by atoms with E-state index in [2.05, 4.69) is 21.9 Å². The number of ether oxygens (including phenoxy) is 2. The molecule has 2 unspecified atom stereocenters. The third-order valence-corrected chi connectivity index (χ3v) is 3.47. The largest absolute Gasteiger partial charge is 0.468 e. The van der Waals surface area contributed by atoms with E-state index in [-0.39, 0.29) is 18.1 Å². The highest BCUT2D eigenvalue weighted by Crippen LogP contribution is 2.18. The van der Waals surface area contributed by atoms with Crippen molar-refractivity contribution in [2.45, 2.75) is 44.7 Å². The SMILES string of the molecule is CCCCC(C(=O)OC)N1CCC(NC(=O)OC)C1. The van der Waals surface area contributed by atoms with Crippen LogP contribution in [0.3, 0.4) is 0 Å². The molecule has 0 aromatic rings. The van der Waals surface area contributed by atoms with Gasteiger partial charge in [-0.25, -0.2) is 4.79 Å². The summed E-state index contributed by atoms with van der Waals surface area (Å²) in [6, 6.07) is -0.157. The molecule has 1 aliphatic heterocycles. The molecule has 0 bridgehead atoms. The van der Waals surface area contributed by atoms with Gasteiger partial charge < -0.3 is 14.8 Å². The molecule has 1 saturated heterocycles. The highest BCUT2D eigenvalue weighted by molar-refractivity contribution is 5.75. The second-order valence-corrected chi connectivity index (χ2v) is 4.80. The first-order valence-corrected chi connectivity index (χ1v) is 6.78. The Balaban J connectivity index is 2.52. The average molecular weight is 272 g/mol. The maximum absolute atomic E-state index is 11.8. The summed E-state index contributed by atoms with van der Waals surface area (Å²) < 4.78 is 9.45. The number of nitrogens with one attached hydrogen (secondary N) is 1. The van der Waals surface area contributed by atoms with Crippen LogP contribution in [0.2, 0.25) is 0 Å². The number of likely N-dealkylation sites (tertiary alicyclic amines) is 1. The van der Waals surface area contributed by atoms with Crippen LogP contribution in [-0.2, 0) is 14.3 Å². The van der Waals surface area contributed by atoms with Gasteiger partial charge in [-0.3, -0.25) is 9.69 Å². The van der Waals surface area contributed by atoms with Crippen molar-refractivity contribution >= 4 is 12.1 Å². The van der Waals surface area contributed by atoms with Gasteiger partial charge in [0.15, 0.2) is 0 Å². The van der Waals surface area contributed by atoms with E-state index in [0.29, 0.717) is 6.54 Å². The second kappa shape index (κ2) is 7.99. The molecule has 1 rings (SSSR count). The van der Waals surface area contributed by atoms with E-state index < -0.39 is 6.09 Å². The van der Waals surface area contributed by atoms with Gasteiger partial charge in [-0.15, -0.1) is 0 Å². The van der Waals surface area contributed by atoms with Crippen molar-refractivity contribution < 1.29 is 19.1 Å². The summed E-state index contributed by atoms with van der Waals surface area (Å²) in [4.78, 5) is 25.1. The smallest absolute Gasteiger partial charge is 0.407 e. The fraction of sp³-hybridized carbons (Fsp3) is 0.846. The number of nitrogens with zero attached hydrogens (tertiary/aromatic N) is 1. The van der Waals surface area contributed by atoms with Crippen molar-refractivity contribution in [2.75, 3.05) is 27.3 Å². The Hall–Kier alpha value is -1.30. The van der Waals surface area contributed by atoms with E-state index in [0.717, 1.165) is 32.2 Å². The van der Waals surface area contributed by atoms with Crippen LogP contribution in [0.15, 0.2) is 0 Å². The number of carbonyl (C=O) groups is 2. The van der Waals surface area contributed by atoms with E-state index in [1.807, 2.05) is 0 Å². The van der Waals surface area contributed by atoms with E-state index in [1.165, 1.54) is 14.2 Å². The lowest BCUT2D eigenvalue weighted by Gasteiger charge is -2.25. The summed E-state index contributed by atoms with van der Waals surface area (Å²) in [5.74, 6) is -0.188. The Morgan fingerprint density at radius 1 is 1.37 bits per heavy atom. The molecule has 0 aromatic heterocycles. The number of hydrogen-bond acceptors (Lipinski definition) is 5. The monoisotopic (exact) mass is 272 g/mol. The molecular weight excluding hydrogens is 248 g/mol. The van der Waals surface area contributed by atoms with Crippen LogP contribution in [0, 0.1) is 0 Å². The Morgan fingerprint density at radius 2 is 2.11 bits per heavy atom. The van der Waals surface area contributed by atoms with Crippen molar-refractivity contribution in [3.63, 3.8) is 0 Å². The number of amides is 1. The van der Waals surface area contributed by atoms with Crippen molar-refractivity contribution in [3.8, 4) is 0 Å². The summed E-state index contributed by atoms with van der Waals surface area (Å²) in [6.45, 7) is 3.55. The van der Waals surface area contributed by atoms with Crippen LogP contribution in [-0.4, -0.2) is 56.4 Å². The van der Waals surface area contributed by atoms with E-state index in [9.17, 15) is 9.59 Å². The Bertz CT molecular complexity index is 309. The summed E-state index contributed by atoms with van der Waals surface area (Å²) >= 11 is 0. The van der Waals surface area contributed by atoms with Crippen LogP contribution in [0.4, 0.5) is 4.79 Å². The lowest BCUT2D eigenvalue weighted by Crippen LogP contribution is -2.43. The third kappa shape index (κ3) is 4.70. The van der Waals surface area contributed by atoms with Crippen LogP contribution in [0.5, 0.6) is 0 Å². The van der Waals surface area contributed by atoms with Crippen LogP contribution in [0.1, 0.15) is 32.6 Å². The van der Waals surface area contributed by atoms with Gasteiger partial charge in [0, 0.05) is 19.1 Å². The number of methoxy groups -OCH3 is 2. The third-order valence-electron chi connectivity index (χ3n) is 3.47. The number of rotatable bonds is 6. The second-order valence-electron chi connectivity index (χ2n) is 4.80. The quantitative estimate of drug-likeness (QED) is 0.735. The van der Waals surface area contributed by atoms with Crippen molar-refractivity contribution in [3.05, 3.63) is 0 Å². The molecule has 6 nitrogen and oxygen atoms in total. The van der Waals surface area contributed by atoms with Crippen molar-refractivity contribution in [1.82, 2.24) is 10.2 Å². The highest BCUT2D eigenvalue weighted by Gasteiger charge is 2.33. The highest BCUT2D eigenvalue weighted by atomic mass is 16.5. The molecule has 1 heterocycles. The number of alkyl carbamates (subject to hydrolysis) is 1. The lowest BCUT2D eigenvalue weighted by molar-refractivity contribution is -0.146. The minimum absolute atomic E-state index is 0.0428. The van der Waals surface area contributed by atoms with Gasteiger partial charge >= 0.3 is 12.1 Å². The number of carbonyl (C=O) groups excluding carboxylic acids is 2. The van der Waals surface area contributed by atoms with Gasteiger partial charge in [-0.1, -0.05) is 19.8 Å². The molecule has 6 heteroatoms. The summed E-state index contributed by atoms with van der Waals surface area (Å²) in [7, 11) is 2.77. The molecule has 1 N–H and O–H groups in total. The minimum Gasteiger partial charge on any atom is -0.468 e. The van der Waals surface area contributed by atoms with Gasteiger partial charge in [-0.05, 0) is 12.8 Å². The predicted molar refractivity (Wildman–Crippen MR) is 70.8 cm³/mol. The standard InChI is InChI=1S/C13H24N2O4/c1-4-5-6-11(12(16)18-2)15-8-7-10(9-15)14-13(17)19-3/h10-11H,4-9H2,1-3H3,(H,14,17). The average Bonchev–Trinajstić information content (AvgIpc) is 2.86. The first-order valence-electron chi connectivity index (χ1n) is 6.78. The Kier molecular flexibility index (Phi) is 6.62. The lowest BCUT2D eigenvalue weighted by atomic mass is 10.1.